The van der Waals surface area contributed by atoms with Crippen LogP contribution in [-0.4, -0.2) is 43.3 Å². The van der Waals surface area contributed by atoms with Crippen LogP contribution >= 0.6 is 15.9 Å². The zero-order valence-corrected chi connectivity index (χ0v) is 16.6. The topological polar surface area (TPSA) is 35.9 Å². The van der Waals surface area contributed by atoms with E-state index in [9.17, 15) is 5.11 Å². The van der Waals surface area contributed by atoms with Crippen molar-refractivity contribution in [3.05, 3.63) is 51.5 Å². The number of aromatic hydroxyl groups is 1. The maximum Gasteiger partial charge on any atom is 0.162 e. The Bertz CT molecular complexity index is 756. The van der Waals surface area contributed by atoms with Crippen LogP contribution < -0.4 is 9.64 Å². The summed E-state index contributed by atoms with van der Waals surface area (Å²) in [5, 5.41) is 10.4. The first-order valence-corrected chi connectivity index (χ1v) is 9.37. The van der Waals surface area contributed by atoms with Crippen LogP contribution in [0.5, 0.6) is 11.5 Å². The van der Waals surface area contributed by atoms with E-state index in [2.05, 4.69) is 57.8 Å². The quantitative estimate of drug-likeness (QED) is 0.831. The van der Waals surface area contributed by atoms with E-state index in [1.807, 2.05) is 6.07 Å². The number of benzene rings is 2. The number of rotatable bonds is 4. The van der Waals surface area contributed by atoms with Crippen LogP contribution in [0.25, 0.3) is 0 Å². The van der Waals surface area contributed by atoms with Crippen molar-refractivity contribution >= 4 is 21.6 Å². The van der Waals surface area contributed by atoms with E-state index in [1.165, 1.54) is 16.8 Å². The summed E-state index contributed by atoms with van der Waals surface area (Å²) in [4.78, 5) is 4.84. The number of ether oxygens (including phenoxy) is 1. The van der Waals surface area contributed by atoms with E-state index >= 15 is 0 Å². The van der Waals surface area contributed by atoms with Gasteiger partial charge in [0, 0.05) is 48.4 Å². The first-order chi connectivity index (χ1) is 12.0. The van der Waals surface area contributed by atoms with Crippen molar-refractivity contribution in [3.8, 4) is 11.5 Å². The van der Waals surface area contributed by atoms with E-state index in [4.69, 9.17) is 4.74 Å². The molecule has 2 aromatic carbocycles. The van der Waals surface area contributed by atoms with Crippen molar-refractivity contribution in [2.24, 2.45) is 0 Å². The van der Waals surface area contributed by atoms with E-state index in [-0.39, 0.29) is 5.75 Å². The first-order valence-electron chi connectivity index (χ1n) is 8.58. The monoisotopic (exact) mass is 404 g/mol. The highest BCUT2D eigenvalue weighted by Crippen LogP contribution is 2.34. The average molecular weight is 405 g/mol. The SMILES string of the molecule is COc1cc(Br)cc(CN2CCN(c3cc(C)ccc3C)CC2)c1O. The number of nitrogens with zero attached hydrogens (tertiary/aromatic N) is 2. The van der Waals surface area contributed by atoms with Crippen molar-refractivity contribution in [1.82, 2.24) is 4.90 Å². The standard InChI is InChI=1S/C20H25BrN2O2/c1-14-4-5-15(2)18(10-14)23-8-6-22(7-9-23)13-16-11-17(21)12-19(25-3)20(16)24/h4-5,10-12,24H,6-9,13H2,1-3H3. The summed E-state index contributed by atoms with van der Waals surface area (Å²) in [6.07, 6.45) is 0. The molecular weight excluding hydrogens is 380 g/mol. The molecule has 1 saturated heterocycles. The summed E-state index contributed by atoms with van der Waals surface area (Å²) in [5.74, 6) is 0.751. The highest BCUT2D eigenvalue weighted by atomic mass is 79.9. The Morgan fingerprint density at radius 1 is 1.08 bits per heavy atom. The van der Waals surface area contributed by atoms with Gasteiger partial charge in [-0.05, 0) is 43.2 Å². The molecule has 0 amide bonds. The lowest BCUT2D eigenvalue weighted by Crippen LogP contribution is -2.46. The average Bonchev–Trinajstić information content (AvgIpc) is 2.60. The molecule has 1 N–H and O–H groups in total. The molecular formula is C20H25BrN2O2. The van der Waals surface area contributed by atoms with Gasteiger partial charge in [-0.3, -0.25) is 4.90 Å². The number of hydrogen-bond acceptors (Lipinski definition) is 4. The maximum absolute atomic E-state index is 10.4. The number of phenols is 1. The number of halogens is 1. The maximum atomic E-state index is 10.4. The van der Waals surface area contributed by atoms with Gasteiger partial charge in [-0.2, -0.15) is 0 Å². The number of hydrogen-bond donors (Lipinski definition) is 1. The highest BCUT2D eigenvalue weighted by Gasteiger charge is 2.20. The third-order valence-electron chi connectivity index (χ3n) is 4.81. The fraction of sp³-hybridized carbons (Fsp3) is 0.400. The zero-order chi connectivity index (χ0) is 18.0. The van der Waals surface area contributed by atoms with Crippen molar-refractivity contribution < 1.29 is 9.84 Å². The molecule has 0 atom stereocenters. The third kappa shape index (κ3) is 4.10. The second-order valence-corrected chi connectivity index (χ2v) is 7.58. The van der Waals surface area contributed by atoms with Gasteiger partial charge < -0.3 is 14.7 Å². The van der Waals surface area contributed by atoms with Crippen molar-refractivity contribution in [1.29, 1.82) is 0 Å². The molecule has 0 aromatic heterocycles. The predicted molar refractivity (Wildman–Crippen MR) is 106 cm³/mol. The van der Waals surface area contributed by atoms with E-state index < -0.39 is 0 Å². The van der Waals surface area contributed by atoms with Gasteiger partial charge in [0.25, 0.3) is 0 Å². The summed E-state index contributed by atoms with van der Waals surface area (Å²) in [5.41, 5.74) is 4.86. The zero-order valence-electron chi connectivity index (χ0n) is 15.1. The molecule has 5 heteroatoms. The van der Waals surface area contributed by atoms with Crippen LogP contribution in [0, 0.1) is 13.8 Å². The molecule has 134 valence electrons. The molecule has 4 nitrogen and oxygen atoms in total. The molecule has 0 bridgehead atoms. The molecule has 0 aliphatic carbocycles. The van der Waals surface area contributed by atoms with E-state index in [0.29, 0.717) is 5.75 Å². The fourth-order valence-electron chi connectivity index (χ4n) is 3.35. The van der Waals surface area contributed by atoms with Crippen LogP contribution in [0.3, 0.4) is 0 Å². The van der Waals surface area contributed by atoms with Gasteiger partial charge in [-0.15, -0.1) is 0 Å². The Labute approximate surface area is 158 Å². The van der Waals surface area contributed by atoms with E-state index in [0.717, 1.165) is 42.8 Å². The predicted octanol–water partition coefficient (Wildman–Crippen LogP) is 4.10. The summed E-state index contributed by atoms with van der Waals surface area (Å²) in [6.45, 7) is 8.98. The minimum atomic E-state index is 0.239. The molecule has 25 heavy (non-hydrogen) atoms. The Hall–Kier alpha value is -1.72. The summed E-state index contributed by atoms with van der Waals surface area (Å²) in [6, 6.07) is 10.4. The summed E-state index contributed by atoms with van der Waals surface area (Å²) < 4.78 is 6.17. The lowest BCUT2D eigenvalue weighted by atomic mass is 10.1. The van der Waals surface area contributed by atoms with Crippen LogP contribution in [0.1, 0.15) is 16.7 Å². The number of phenolic OH excluding ortho intramolecular Hbond substituents is 1. The molecule has 0 saturated carbocycles. The Kier molecular flexibility index (Phi) is 5.54. The number of anilines is 1. The summed E-state index contributed by atoms with van der Waals surface area (Å²) in [7, 11) is 1.58. The second kappa shape index (κ2) is 7.67. The normalized spacial score (nSPS) is 15.4. The van der Waals surface area contributed by atoms with Gasteiger partial charge in [-0.1, -0.05) is 28.1 Å². The van der Waals surface area contributed by atoms with Gasteiger partial charge in [0.05, 0.1) is 7.11 Å². The van der Waals surface area contributed by atoms with Gasteiger partial charge in [0.15, 0.2) is 11.5 Å². The second-order valence-electron chi connectivity index (χ2n) is 6.67. The van der Waals surface area contributed by atoms with Crippen molar-refractivity contribution in [2.45, 2.75) is 20.4 Å². The first kappa shape index (κ1) is 18.1. The lowest BCUT2D eigenvalue weighted by molar-refractivity contribution is 0.245. The lowest BCUT2D eigenvalue weighted by Gasteiger charge is -2.37. The molecule has 1 aliphatic rings. The Balaban J connectivity index is 1.67. The minimum Gasteiger partial charge on any atom is -0.504 e. The minimum absolute atomic E-state index is 0.239. The van der Waals surface area contributed by atoms with Gasteiger partial charge >= 0.3 is 0 Å². The summed E-state index contributed by atoms with van der Waals surface area (Å²) >= 11 is 3.49. The third-order valence-corrected chi connectivity index (χ3v) is 5.27. The van der Waals surface area contributed by atoms with Gasteiger partial charge in [0.2, 0.25) is 0 Å². The van der Waals surface area contributed by atoms with Gasteiger partial charge in [0.1, 0.15) is 0 Å². The van der Waals surface area contributed by atoms with Crippen LogP contribution in [-0.2, 0) is 6.54 Å². The smallest absolute Gasteiger partial charge is 0.162 e. The molecule has 1 fully saturated rings. The molecule has 0 radical (unpaired) electrons. The largest absolute Gasteiger partial charge is 0.504 e. The molecule has 0 spiro atoms. The van der Waals surface area contributed by atoms with Crippen molar-refractivity contribution in [3.63, 3.8) is 0 Å². The fourth-order valence-corrected chi connectivity index (χ4v) is 3.84. The Morgan fingerprint density at radius 3 is 2.48 bits per heavy atom. The molecule has 0 unspecified atom stereocenters. The van der Waals surface area contributed by atoms with Crippen LogP contribution in [0.15, 0.2) is 34.8 Å². The van der Waals surface area contributed by atoms with E-state index in [1.54, 1.807) is 13.2 Å². The highest BCUT2D eigenvalue weighted by molar-refractivity contribution is 9.10. The van der Waals surface area contributed by atoms with Gasteiger partial charge in [-0.25, -0.2) is 0 Å². The number of methoxy groups -OCH3 is 1. The molecule has 3 rings (SSSR count). The Morgan fingerprint density at radius 2 is 1.80 bits per heavy atom. The molecule has 2 aromatic rings. The van der Waals surface area contributed by atoms with Crippen molar-refractivity contribution in [2.75, 3.05) is 38.2 Å². The van der Waals surface area contributed by atoms with Crippen LogP contribution in [0.2, 0.25) is 0 Å². The van der Waals surface area contributed by atoms with Crippen LogP contribution in [0.4, 0.5) is 5.69 Å². The number of piperazine rings is 1. The number of aryl methyl sites for hydroxylation is 2. The molecule has 1 aliphatic heterocycles. The molecule has 1 heterocycles.